The topological polar surface area (TPSA) is 46.6 Å². The summed E-state index contributed by atoms with van der Waals surface area (Å²) in [6.07, 6.45) is 0. The number of carbonyl (C=O) groups excluding carboxylic acids is 2. The summed E-state index contributed by atoms with van der Waals surface area (Å²) in [6, 6.07) is 0. The van der Waals surface area contributed by atoms with Crippen LogP contribution in [0.1, 0.15) is 34.6 Å². The lowest BCUT2D eigenvalue weighted by Crippen LogP contribution is -2.45. The second kappa shape index (κ2) is 3.56. The summed E-state index contributed by atoms with van der Waals surface area (Å²) in [5.74, 6) is -0.766. The third-order valence-electron chi connectivity index (χ3n) is 1.12. The summed E-state index contributed by atoms with van der Waals surface area (Å²) in [7, 11) is 0. The lowest BCUT2D eigenvalue weighted by molar-refractivity contribution is -0.213. The molecule has 0 radical (unpaired) electrons. The second-order valence-electron chi connectivity index (χ2n) is 3.57. The van der Waals surface area contributed by atoms with Gasteiger partial charge in [-0.05, 0) is 20.8 Å². The Morgan fingerprint density at radius 3 is 1.67 bits per heavy atom. The van der Waals surface area contributed by atoms with E-state index < -0.39 is 11.5 Å². The molecule has 0 bridgehead atoms. The van der Waals surface area contributed by atoms with Gasteiger partial charge in [0.1, 0.15) is 0 Å². The fourth-order valence-corrected chi connectivity index (χ4v) is 0.802. The van der Waals surface area contributed by atoms with Crippen molar-refractivity contribution in [1.29, 1.82) is 0 Å². The molecule has 12 heavy (non-hydrogen) atoms. The van der Waals surface area contributed by atoms with Crippen molar-refractivity contribution in [1.82, 2.24) is 5.06 Å². The Morgan fingerprint density at radius 2 is 1.58 bits per heavy atom. The Balaban J connectivity index is 4.46. The fraction of sp³-hybridized carbons (Fsp3) is 0.750. The van der Waals surface area contributed by atoms with E-state index in [1.807, 2.05) is 0 Å². The van der Waals surface area contributed by atoms with Crippen LogP contribution in [0.15, 0.2) is 0 Å². The summed E-state index contributed by atoms with van der Waals surface area (Å²) in [5.41, 5.74) is -0.489. The molecule has 0 aromatic heterocycles. The summed E-state index contributed by atoms with van der Waals surface area (Å²) in [5, 5.41) is 1.06. The molecule has 0 aromatic rings. The molecule has 0 rings (SSSR count). The first-order valence-electron chi connectivity index (χ1n) is 3.74. The van der Waals surface area contributed by atoms with Gasteiger partial charge in [-0.25, -0.2) is 0 Å². The third-order valence-corrected chi connectivity index (χ3v) is 1.12. The van der Waals surface area contributed by atoms with E-state index in [9.17, 15) is 9.59 Å². The van der Waals surface area contributed by atoms with E-state index in [2.05, 4.69) is 0 Å². The van der Waals surface area contributed by atoms with Crippen molar-refractivity contribution in [2.75, 3.05) is 0 Å². The van der Waals surface area contributed by atoms with Gasteiger partial charge in [-0.1, -0.05) is 0 Å². The first-order chi connectivity index (χ1) is 5.25. The van der Waals surface area contributed by atoms with E-state index in [4.69, 9.17) is 4.84 Å². The number of hydrogen-bond acceptors (Lipinski definition) is 3. The van der Waals surface area contributed by atoms with Crippen LogP contribution in [0.3, 0.4) is 0 Å². The highest BCUT2D eigenvalue weighted by Crippen LogP contribution is 2.13. The highest BCUT2D eigenvalue weighted by atomic mass is 16.7. The van der Waals surface area contributed by atoms with Gasteiger partial charge >= 0.3 is 5.97 Å². The van der Waals surface area contributed by atoms with Gasteiger partial charge in [0.2, 0.25) is 0 Å². The molecule has 0 N–H and O–H groups in total. The van der Waals surface area contributed by atoms with Crippen molar-refractivity contribution in [3.05, 3.63) is 0 Å². The Kier molecular flexibility index (Phi) is 3.24. The van der Waals surface area contributed by atoms with E-state index in [1.165, 1.54) is 13.8 Å². The molecule has 0 aliphatic heterocycles. The van der Waals surface area contributed by atoms with Crippen LogP contribution in [0, 0.1) is 0 Å². The van der Waals surface area contributed by atoms with E-state index >= 15 is 0 Å². The van der Waals surface area contributed by atoms with Gasteiger partial charge in [-0.3, -0.25) is 9.59 Å². The zero-order chi connectivity index (χ0) is 9.94. The number of hydrogen-bond donors (Lipinski definition) is 0. The van der Waals surface area contributed by atoms with Crippen LogP contribution in [0.5, 0.6) is 0 Å². The predicted octanol–water partition coefficient (Wildman–Crippen LogP) is 1.11. The highest BCUT2D eigenvalue weighted by Gasteiger charge is 2.26. The standard InChI is InChI=1S/C8H15NO3/c1-6(10)9(8(3,4)5)12-7(2)11/h1-5H3. The summed E-state index contributed by atoms with van der Waals surface area (Å²) in [6.45, 7) is 7.99. The molecule has 0 unspecified atom stereocenters. The Morgan fingerprint density at radius 1 is 1.17 bits per heavy atom. The van der Waals surface area contributed by atoms with Crippen LogP contribution in [-0.4, -0.2) is 22.5 Å². The molecular weight excluding hydrogens is 158 g/mol. The van der Waals surface area contributed by atoms with Crippen LogP contribution in [0.4, 0.5) is 0 Å². The number of amides is 1. The predicted molar refractivity (Wildman–Crippen MR) is 44.0 cm³/mol. The third kappa shape index (κ3) is 3.37. The molecule has 0 saturated carbocycles. The molecule has 0 spiro atoms. The van der Waals surface area contributed by atoms with E-state index in [0.717, 1.165) is 5.06 Å². The van der Waals surface area contributed by atoms with E-state index in [0.29, 0.717) is 0 Å². The molecule has 0 atom stereocenters. The second-order valence-corrected chi connectivity index (χ2v) is 3.57. The summed E-state index contributed by atoms with van der Waals surface area (Å²) >= 11 is 0. The monoisotopic (exact) mass is 173 g/mol. The zero-order valence-electron chi connectivity index (χ0n) is 8.17. The molecular formula is C8H15NO3. The lowest BCUT2D eigenvalue weighted by Gasteiger charge is -2.31. The molecule has 70 valence electrons. The molecule has 4 heteroatoms. The molecule has 0 fully saturated rings. The van der Waals surface area contributed by atoms with Crippen molar-refractivity contribution >= 4 is 11.9 Å². The minimum absolute atomic E-state index is 0.280. The Labute approximate surface area is 72.4 Å². The summed E-state index contributed by atoms with van der Waals surface area (Å²) in [4.78, 5) is 26.3. The Bertz CT molecular complexity index is 193. The van der Waals surface area contributed by atoms with Crippen LogP contribution >= 0.6 is 0 Å². The molecule has 0 aromatic carbocycles. The van der Waals surface area contributed by atoms with Gasteiger partial charge < -0.3 is 4.84 Å². The highest BCUT2D eigenvalue weighted by molar-refractivity contribution is 5.75. The average Bonchev–Trinajstić information content (AvgIpc) is 1.79. The van der Waals surface area contributed by atoms with Crippen LogP contribution < -0.4 is 0 Å². The van der Waals surface area contributed by atoms with Crippen LogP contribution in [0.25, 0.3) is 0 Å². The van der Waals surface area contributed by atoms with Gasteiger partial charge in [-0.2, -0.15) is 5.06 Å². The normalized spacial score (nSPS) is 10.8. The summed E-state index contributed by atoms with van der Waals surface area (Å²) < 4.78 is 0. The maximum atomic E-state index is 11.0. The number of carbonyl (C=O) groups is 2. The molecule has 0 aliphatic carbocycles. The number of hydroxylamine groups is 2. The van der Waals surface area contributed by atoms with Gasteiger partial charge in [0, 0.05) is 13.8 Å². The van der Waals surface area contributed by atoms with Gasteiger partial charge in [0.05, 0.1) is 5.54 Å². The lowest BCUT2D eigenvalue weighted by atomic mass is 10.1. The minimum Gasteiger partial charge on any atom is -0.338 e. The average molecular weight is 173 g/mol. The Hall–Kier alpha value is -1.06. The maximum Gasteiger partial charge on any atom is 0.329 e. The smallest absolute Gasteiger partial charge is 0.329 e. The van der Waals surface area contributed by atoms with Gasteiger partial charge in [0.25, 0.3) is 5.91 Å². The number of nitrogens with zero attached hydrogens (tertiary/aromatic N) is 1. The van der Waals surface area contributed by atoms with Crippen molar-refractivity contribution in [3.8, 4) is 0 Å². The van der Waals surface area contributed by atoms with Crippen LogP contribution in [-0.2, 0) is 14.4 Å². The molecule has 0 heterocycles. The van der Waals surface area contributed by atoms with Gasteiger partial charge in [0.15, 0.2) is 0 Å². The maximum absolute atomic E-state index is 11.0. The molecule has 0 saturated heterocycles. The van der Waals surface area contributed by atoms with Crippen molar-refractivity contribution in [2.45, 2.75) is 40.2 Å². The fourth-order valence-electron chi connectivity index (χ4n) is 0.802. The van der Waals surface area contributed by atoms with Crippen LogP contribution in [0.2, 0.25) is 0 Å². The first-order valence-corrected chi connectivity index (χ1v) is 3.74. The number of rotatable bonds is 0. The van der Waals surface area contributed by atoms with Crippen molar-refractivity contribution < 1.29 is 14.4 Å². The van der Waals surface area contributed by atoms with Crippen molar-refractivity contribution in [3.63, 3.8) is 0 Å². The molecule has 1 amide bonds. The minimum atomic E-state index is -0.489. The van der Waals surface area contributed by atoms with Gasteiger partial charge in [-0.15, -0.1) is 0 Å². The molecule has 0 aliphatic rings. The largest absolute Gasteiger partial charge is 0.338 e. The SMILES string of the molecule is CC(=O)ON(C(C)=O)C(C)(C)C. The van der Waals surface area contributed by atoms with E-state index in [1.54, 1.807) is 20.8 Å². The quantitative estimate of drug-likeness (QED) is 0.515. The molecule has 4 nitrogen and oxygen atoms in total. The first kappa shape index (κ1) is 10.9. The van der Waals surface area contributed by atoms with Crippen molar-refractivity contribution in [2.24, 2.45) is 0 Å². The zero-order valence-corrected chi connectivity index (χ0v) is 8.17. The van der Waals surface area contributed by atoms with E-state index in [-0.39, 0.29) is 5.91 Å².